The molecular weight excluding hydrogens is 433 g/mol. The van der Waals surface area contributed by atoms with E-state index in [2.05, 4.69) is 39.7 Å². The minimum absolute atomic E-state index is 0. The van der Waals surface area contributed by atoms with Crippen LogP contribution in [-0.4, -0.2) is 75.8 Å². The quantitative estimate of drug-likeness (QED) is 0.201. The second kappa shape index (κ2) is 12.7. The number of rotatable bonds is 9. The molecule has 1 amide bonds. The van der Waals surface area contributed by atoms with Crippen LogP contribution in [0.2, 0.25) is 0 Å². The highest BCUT2D eigenvalue weighted by molar-refractivity contribution is 14.0. The number of carbonyl (C=O) groups excluding carboxylic acids is 1. The molecule has 1 aliphatic carbocycles. The lowest BCUT2D eigenvalue weighted by Gasteiger charge is -2.28. The zero-order valence-electron chi connectivity index (χ0n) is 15.6. The van der Waals surface area contributed by atoms with Gasteiger partial charge >= 0.3 is 0 Å². The molecule has 0 aromatic rings. The van der Waals surface area contributed by atoms with Crippen molar-refractivity contribution in [2.75, 3.05) is 59.0 Å². The molecule has 0 aromatic heterocycles. The molecule has 1 atom stereocenters. The summed E-state index contributed by atoms with van der Waals surface area (Å²) in [7, 11) is 0. The van der Waals surface area contributed by atoms with Crippen LogP contribution < -0.4 is 16.0 Å². The van der Waals surface area contributed by atoms with Crippen molar-refractivity contribution in [2.45, 2.75) is 26.7 Å². The van der Waals surface area contributed by atoms with E-state index < -0.39 is 0 Å². The SMILES string of the molecule is CCNC(=NCC(C)CN1CCOCC1)NCCNC(=O)C1CC1.I. The predicted octanol–water partition coefficient (Wildman–Crippen LogP) is 0.654. The Labute approximate surface area is 168 Å². The number of guanidine groups is 1. The molecule has 0 bridgehead atoms. The number of nitrogens with one attached hydrogen (secondary N) is 3. The summed E-state index contributed by atoms with van der Waals surface area (Å²) in [5.41, 5.74) is 0. The summed E-state index contributed by atoms with van der Waals surface area (Å²) in [6.45, 7) is 12.0. The number of amides is 1. The van der Waals surface area contributed by atoms with Crippen molar-refractivity contribution in [3.63, 3.8) is 0 Å². The van der Waals surface area contributed by atoms with Crippen LogP contribution in [0.1, 0.15) is 26.7 Å². The Kier molecular flexibility index (Phi) is 11.4. The second-order valence-corrected chi connectivity index (χ2v) is 6.73. The maximum atomic E-state index is 11.6. The van der Waals surface area contributed by atoms with Gasteiger partial charge in [-0.15, -0.1) is 24.0 Å². The average Bonchev–Trinajstić information content (AvgIpc) is 3.42. The van der Waals surface area contributed by atoms with E-state index in [1.54, 1.807) is 0 Å². The van der Waals surface area contributed by atoms with Gasteiger partial charge in [-0.05, 0) is 25.7 Å². The number of ether oxygens (including phenoxy) is 1. The van der Waals surface area contributed by atoms with Crippen LogP contribution in [0.25, 0.3) is 0 Å². The number of hydrogen-bond donors (Lipinski definition) is 3. The first-order valence-corrected chi connectivity index (χ1v) is 9.29. The summed E-state index contributed by atoms with van der Waals surface area (Å²) in [5.74, 6) is 1.80. The van der Waals surface area contributed by atoms with Crippen molar-refractivity contribution >= 4 is 35.8 Å². The number of halogens is 1. The summed E-state index contributed by atoms with van der Waals surface area (Å²) >= 11 is 0. The summed E-state index contributed by atoms with van der Waals surface area (Å²) in [5, 5.41) is 9.50. The van der Waals surface area contributed by atoms with Gasteiger partial charge in [0.1, 0.15) is 0 Å². The molecule has 2 aliphatic rings. The molecule has 0 aromatic carbocycles. The number of morpholine rings is 1. The molecule has 8 heteroatoms. The van der Waals surface area contributed by atoms with E-state index in [9.17, 15) is 4.79 Å². The lowest BCUT2D eigenvalue weighted by Crippen LogP contribution is -2.42. The first kappa shape index (κ1) is 22.4. The van der Waals surface area contributed by atoms with Gasteiger partial charge in [-0.25, -0.2) is 0 Å². The molecule has 1 saturated heterocycles. The Morgan fingerprint density at radius 2 is 1.88 bits per heavy atom. The molecule has 1 aliphatic heterocycles. The van der Waals surface area contributed by atoms with E-state index in [1.165, 1.54) is 0 Å². The predicted molar refractivity (Wildman–Crippen MR) is 112 cm³/mol. The van der Waals surface area contributed by atoms with Crippen LogP contribution in [0, 0.1) is 11.8 Å². The number of aliphatic imine (C=N–C) groups is 1. The number of hydrogen-bond acceptors (Lipinski definition) is 4. The summed E-state index contributed by atoms with van der Waals surface area (Å²) < 4.78 is 5.38. The Bertz CT molecular complexity index is 412. The van der Waals surface area contributed by atoms with Gasteiger partial charge in [0, 0.05) is 51.7 Å². The first-order chi connectivity index (χ1) is 11.7. The monoisotopic (exact) mass is 467 g/mol. The summed E-state index contributed by atoms with van der Waals surface area (Å²) in [6.07, 6.45) is 2.09. The van der Waals surface area contributed by atoms with Gasteiger partial charge in [0.25, 0.3) is 0 Å². The molecule has 0 spiro atoms. The number of carbonyl (C=O) groups is 1. The molecule has 25 heavy (non-hydrogen) atoms. The first-order valence-electron chi connectivity index (χ1n) is 9.29. The van der Waals surface area contributed by atoms with E-state index in [-0.39, 0.29) is 35.8 Å². The van der Waals surface area contributed by atoms with Crippen molar-refractivity contribution in [3.05, 3.63) is 0 Å². The standard InChI is InChI=1S/C17H33N5O2.HI/c1-3-18-17(20-7-6-19-16(23)15-4-5-15)21-12-14(2)13-22-8-10-24-11-9-22;/h14-15H,3-13H2,1-2H3,(H,19,23)(H2,18,20,21);1H. The van der Waals surface area contributed by atoms with E-state index in [0.29, 0.717) is 19.0 Å². The van der Waals surface area contributed by atoms with Crippen LogP contribution in [0.15, 0.2) is 4.99 Å². The third-order valence-electron chi connectivity index (χ3n) is 4.24. The average molecular weight is 467 g/mol. The Hall–Kier alpha value is -0.610. The maximum Gasteiger partial charge on any atom is 0.223 e. The zero-order chi connectivity index (χ0) is 17.2. The fraction of sp³-hybridized carbons (Fsp3) is 0.882. The fourth-order valence-corrected chi connectivity index (χ4v) is 2.73. The highest BCUT2D eigenvalue weighted by Gasteiger charge is 2.28. The smallest absolute Gasteiger partial charge is 0.223 e. The van der Waals surface area contributed by atoms with E-state index in [0.717, 1.165) is 64.7 Å². The minimum Gasteiger partial charge on any atom is -0.379 e. The Morgan fingerprint density at radius 3 is 2.52 bits per heavy atom. The summed E-state index contributed by atoms with van der Waals surface area (Å²) in [6, 6.07) is 0. The van der Waals surface area contributed by atoms with Crippen LogP contribution >= 0.6 is 24.0 Å². The fourth-order valence-electron chi connectivity index (χ4n) is 2.73. The summed E-state index contributed by atoms with van der Waals surface area (Å²) in [4.78, 5) is 18.7. The second-order valence-electron chi connectivity index (χ2n) is 6.73. The normalized spacial score (nSPS) is 19.7. The topological polar surface area (TPSA) is 78.0 Å². The van der Waals surface area contributed by atoms with Gasteiger partial charge < -0.3 is 20.7 Å². The molecule has 7 nitrogen and oxygen atoms in total. The maximum absolute atomic E-state index is 11.6. The highest BCUT2D eigenvalue weighted by atomic mass is 127. The molecule has 2 fully saturated rings. The molecule has 3 N–H and O–H groups in total. The van der Waals surface area contributed by atoms with Crippen molar-refractivity contribution in [2.24, 2.45) is 16.8 Å². The van der Waals surface area contributed by atoms with Crippen molar-refractivity contribution < 1.29 is 9.53 Å². The zero-order valence-corrected chi connectivity index (χ0v) is 17.9. The van der Waals surface area contributed by atoms with Crippen LogP contribution in [0.3, 0.4) is 0 Å². The van der Waals surface area contributed by atoms with Gasteiger partial charge in [0.15, 0.2) is 5.96 Å². The molecule has 1 unspecified atom stereocenters. The van der Waals surface area contributed by atoms with Crippen LogP contribution in [-0.2, 0) is 9.53 Å². The molecule has 1 saturated carbocycles. The van der Waals surface area contributed by atoms with Crippen molar-refractivity contribution in [3.8, 4) is 0 Å². The highest BCUT2D eigenvalue weighted by Crippen LogP contribution is 2.28. The van der Waals surface area contributed by atoms with E-state index in [1.807, 2.05) is 0 Å². The Balaban J connectivity index is 0.00000312. The van der Waals surface area contributed by atoms with Gasteiger partial charge in [-0.2, -0.15) is 0 Å². The minimum atomic E-state index is 0. The van der Waals surface area contributed by atoms with Crippen LogP contribution in [0.4, 0.5) is 0 Å². The molecule has 2 rings (SSSR count). The Morgan fingerprint density at radius 1 is 1.20 bits per heavy atom. The van der Waals surface area contributed by atoms with Crippen molar-refractivity contribution in [1.29, 1.82) is 0 Å². The van der Waals surface area contributed by atoms with E-state index in [4.69, 9.17) is 4.74 Å². The third kappa shape index (κ3) is 9.60. The largest absolute Gasteiger partial charge is 0.379 e. The van der Waals surface area contributed by atoms with Gasteiger partial charge in [0.05, 0.1) is 13.2 Å². The number of nitrogens with zero attached hydrogens (tertiary/aromatic N) is 2. The lowest BCUT2D eigenvalue weighted by molar-refractivity contribution is -0.122. The third-order valence-corrected chi connectivity index (χ3v) is 4.24. The van der Waals surface area contributed by atoms with Gasteiger partial charge in [0.2, 0.25) is 5.91 Å². The molecular formula is C17H34IN5O2. The van der Waals surface area contributed by atoms with Crippen LogP contribution in [0.5, 0.6) is 0 Å². The van der Waals surface area contributed by atoms with Crippen molar-refractivity contribution in [1.82, 2.24) is 20.9 Å². The molecule has 146 valence electrons. The lowest BCUT2D eigenvalue weighted by atomic mass is 10.1. The van der Waals surface area contributed by atoms with Gasteiger partial charge in [-0.1, -0.05) is 6.92 Å². The molecule has 1 heterocycles. The van der Waals surface area contributed by atoms with Gasteiger partial charge in [-0.3, -0.25) is 14.7 Å². The van der Waals surface area contributed by atoms with E-state index >= 15 is 0 Å². The molecule has 0 radical (unpaired) electrons.